The van der Waals surface area contributed by atoms with Crippen molar-refractivity contribution >= 4 is 35.6 Å². The van der Waals surface area contributed by atoms with Gasteiger partial charge in [-0.15, -0.1) is 24.0 Å². The van der Waals surface area contributed by atoms with E-state index in [1.54, 1.807) is 0 Å². The van der Waals surface area contributed by atoms with Crippen LogP contribution in [0.15, 0.2) is 29.3 Å². The molecular formula is C25H42IN5O2. The normalized spacial score (nSPS) is 23.8. The highest BCUT2D eigenvalue weighted by atomic mass is 127. The van der Waals surface area contributed by atoms with Crippen LogP contribution in [0, 0.1) is 5.92 Å². The highest BCUT2D eigenvalue weighted by molar-refractivity contribution is 14.0. The van der Waals surface area contributed by atoms with Gasteiger partial charge in [0.25, 0.3) is 0 Å². The highest BCUT2D eigenvalue weighted by Crippen LogP contribution is 2.25. The summed E-state index contributed by atoms with van der Waals surface area (Å²) in [6.07, 6.45) is 3.72. The number of ether oxygens (including phenoxy) is 2. The van der Waals surface area contributed by atoms with Gasteiger partial charge in [-0.3, -0.25) is 9.89 Å². The van der Waals surface area contributed by atoms with Crippen LogP contribution in [0.3, 0.4) is 0 Å². The van der Waals surface area contributed by atoms with Gasteiger partial charge < -0.3 is 25.0 Å². The zero-order valence-electron chi connectivity index (χ0n) is 20.3. The summed E-state index contributed by atoms with van der Waals surface area (Å²) in [4.78, 5) is 10.1. The van der Waals surface area contributed by atoms with Crippen molar-refractivity contribution in [3.8, 4) is 0 Å². The number of nitrogens with zero attached hydrogens (tertiary/aromatic N) is 3. The second-order valence-corrected chi connectivity index (χ2v) is 9.21. The Morgan fingerprint density at radius 3 is 2.61 bits per heavy atom. The van der Waals surface area contributed by atoms with Gasteiger partial charge in [0.1, 0.15) is 0 Å². The molecule has 3 unspecified atom stereocenters. The van der Waals surface area contributed by atoms with Crippen LogP contribution in [-0.4, -0.2) is 82.6 Å². The van der Waals surface area contributed by atoms with Crippen molar-refractivity contribution < 1.29 is 9.47 Å². The minimum atomic E-state index is 0. The Labute approximate surface area is 216 Å². The van der Waals surface area contributed by atoms with Crippen molar-refractivity contribution in [2.75, 3.05) is 70.6 Å². The van der Waals surface area contributed by atoms with E-state index in [0.717, 1.165) is 65.0 Å². The molecule has 186 valence electrons. The molecule has 0 spiro atoms. The van der Waals surface area contributed by atoms with Crippen molar-refractivity contribution in [3.63, 3.8) is 0 Å². The number of morpholine rings is 1. The summed E-state index contributed by atoms with van der Waals surface area (Å²) in [7, 11) is 0. The highest BCUT2D eigenvalue weighted by Gasteiger charge is 2.31. The van der Waals surface area contributed by atoms with Crippen LogP contribution in [0.25, 0.3) is 0 Å². The summed E-state index contributed by atoms with van der Waals surface area (Å²) in [5, 5.41) is 7.10. The third-order valence-electron chi connectivity index (χ3n) is 7.00. The Balaban J connectivity index is 0.00000306. The second kappa shape index (κ2) is 13.7. The lowest BCUT2D eigenvalue weighted by molar-refractivity contribution is 0.00368. The maximum absolute atomic E-state index is 5.72. The Morgan fingerprint density at radius 1 is 1.12 bits per heavy atom. The van der Waals surface area contributed by atoms with Crippen LogP contribution < -0.4 is 15.5 Å². The number of nitrogens with one attached hydrogen (secondary N) is 2. The van der Waals surface area contributed by atoms with E-state index in [2.05, 4.69) is 58.5 Å². The van der Waals surface area contributed by atoms with E-state index in [1.165, 1.54) is 37.2 Å². The lowest BCUT2D eigenvalue weighted by Crippen LogP contribution is -2.49. The number of aliphatic imine (C=N–C) groups is 1. The van der Waals surface area contributed by atoms with Crippen LogP contribution in [0.5, 0.6) is 0 Å². The van der Waals surface area contributed by atoms with E-state index >= 15 is 0 Å². The van der Waals surface area contributed by atoms with Crippen LogP contribution in [-0.2, 0) is 9.47 Å². The maximum Gasteiger partial charge on any atom is 0.191 e. The van der Waals surface area contributed by atoms with Gasteiger partial charge in [0, 0.05) is 57.0 Å². The number of benzene rings is 1. The SMILES string of the molecule is CCNC(=NCC(C1CCOC1)N1CCOCC1)NC(C)c1cccc(N2CCCC2)c1.I. The molecule has 8 heteroatoms. The van der Waals surface area contributed by atoms with E-state index < -0.39 is 0 Å². The van der Waals surface area contributed by atoms with Crippen molar-refractivity contribution in [2.45, 2.75) is 45.2 Å². The average molecular weight is 572 g/mol. The third kappa shape index (κ3) is 7.44. The van der Waals surface area contributed by atoms with Crippen molar-refractivity contribution in [1.82, 2.24) is 15.5 Å². The molecule has 0 amide bonds. The molecule has 0 aliphatic carbocycles. The molecule has 3 aliphatic heterocycles. The standard InChI is InChI=1S/C25H41N5O2.HI/c1-3-26-25(27-18-24(22-9-14-32-19-22)30-12-15-31-16-13-30)28-20(2)21-7-6-8-23(17-21)29-10-4-5-11-29;/h6-8,17,20,22,24H,3-5,9-16,18-19H2,1-2H3,(H2,26,27,28);1H. The minimum absolute atomic E-state index is 0. The monoisotopic (exact) mass is 571 g/mol. The molecule has 4 rings (SSSR count). The molecule has 0 saturated carbocycles. The van der Waals surface area contributed by atoms with Crippen molar-refractivity contribution in [2.24, 2.45) is 10.9 Å². The van der Waals surface area contributed by atoms with E-state index in [-0.39, 0.29) is 30.0 Å². The van der Waals surface area contributed by atoms with E-state index in [4.69, 9.17) is 14.5 Å². The molecule has 3 fully saturated rings. The second-order valence-electron chi connectivity index (χ2n) is 9.21. The van der Waals surface area contributed by atoms with Crippen LogP contribution in [0.2, 0.25) is 0 Å². The number of hydrogen-bond donors (Lipinski definition) is 2. The van der Waals surface area contributed by atoms with E-state index in [0.29, 0.717) is 12.0 Å². The molecule has 0 radical (unpaired) electrons. The smallest absolute Gasteiger partial charge is 0.191 e. The first kappa shape index (κ1) is 26.5. The van der Waals surface area contributed by atoms with Gasteiger partial charge in [-0.25, -0.2) is 0 Å². The van der Waals surface area contributed by atoms with Crippen LogP contribution in [0.1, 0.15) is 44.7 Å². The summed E-state index contributed by atoms with van der Waals surface area (Å²) in [6.45, 7) is 13.6. The predicted molar refractivity (Wildman–Crippen MR) is 146 cm³/mol. The molecule has 33 heavy (non-hydrogen) atoms. The largest absolute Gasteiger partial charge is 0.381 e. The molecule has 3 atom stereocenters. The Kier molecular flexibility index (Phi) is 11.0. The number of guanidine groups is 1. The van der Waals surface area contributed by atoms with Gasteiger partial charge >= 0.3 is 0 Å². The van der Waals surface area contributed by atoms with Gasteiger partial charge in [-0.1, -0.05) is 12.1 Å². The number of hydrogen-bond acceptors (Lipinski definition) is 5. The molecule has 3 saturated heterocycles. The molecule has 2 N–H and O–H groups in total. The molecule has 3 aliphatic rings. The fourth-order valence-corrected chi connectivity index (χ4v) is 5.09. The Bertz CT molecular complexity index is 731. The quantitative estimate of drug-likeness (QED) is 0.284. The zero-order valence-corrected chi connectivity index (χ0v) is 22.6. The summed E-state index contributed by atoms with van der Waals surface area (Å²) in [6, 6.07) is 9.56. The number of anilines is 1. The fourth-order valence-electron chi connectivity index (χ4n) is 5.09. The van der Waals surface area contributed by atoms with Crippen LogP contribution in [0.4, 0.5) is 5.69 Å². The molecular weight excluding hydrogens is 529 g/mol. The summed E-state index contributed by atoms with van der Waals surface area (Å²) in [5.41, 5.74) is 2.64. The minimum Gasteiger partial charge on any atom is -0.381 e. The maximum atomic E-state index is 5.72. The van der Waals surface area contributed by atoms with E-state index in [1.807, 2.05) is 0 Å². The summed E-state index contributed by atoms with van der Waals surface area (Å²) < 4.78 is 11.3. The van der Waals surface area contributed by atoms with Gasteiger partial charge in [0.2, 0.25) is 0 Å². The molecule has 7 nitrogen and oxygen atoms in total. The first-order chi connectivity index (χ1) is 15.7. The predicted octanol–water partition coefficient (Wildman–Crippen LogP) is 3.26. The van der Waals surface area contributed by atoms with Gasteiger partial charge in [-0.2, -0.15) is 0 Å². The molecule has 1 aromatic rings. The van der Waals surface area contributed by atoms with Crippen LogP contribution >= 0.6 is 24.0 Å². The van der Waals surface area contributed by atoms with Crippen molar-refractivity contribution in [3.05, 3.63) is 29.8 Å². The lowest BCUT2D eigenvalue weighted by atomic mass is 9.97. The molecule has 3 heterocycles. The fraction of sp³-hybridized carbons (Fsp3) is 0.720. The average Bonchev–Trinajstić information content (AvgIpc) is 3.55. The number of rotatable bonds is 8. The topological polar surface area (TPSA) is 61.4 Å². The van der Waals surface area contributed by atoms with Gasteiger partial charge in [-0.05, 0) is 50.8 Å². The summed E-state index contributed by atoms with van der Waals surface area (Å²) >= 11 is 0. The Morgan fingerprint density at radius 2 is 1.91 bits per heavy atom. The van der Waals surface area contributed by atoms with E-state index in [9.17, 15) is 0 Å². The van der Waals surface area contributed by atoms with Gasteiger partial charge in [0.15, 0.2) is 5.96 Å². The van der Waals surface area contributed by atoms with Gasteiger partial charge in [0.05, 0.1) is 32.4 Å². The van der Waals surface area contributed by atoms with Crippen molar-refractivity contribution in [1.29, 1.82) is 0 Å². The first-order valence-electron chi connectivity index (χ1n) is 12.5. The molecule has 0 aromatic heterocycles. The number of halogens is 1. The zero-order chi connectivity index (χ0) is 22.2. The molecule has 1 aromatic carbocycles. The molecule has 0 bridgehead atoms. The summed E-state index contributed by atoms with van der Waals surface area (Å²) in [5.74, 6) is 1.44. The Hall–Kier alpha value is -1.10. The lowest BCUT2D eigenvalue weighted by Gasteiger charge is -2.36. The first-order valence-corrected chi connectivity index (χ1v) is 12.5. The third-order valence-corrected chi connectivity index (χ3v) is 7.00.